The maximum absolute atomic E-state index is 13.3. The molecule has 0 bridgehead atoms. The normalized spacial score (nSPS) is 26.1. The highest BCUT2D eigenvalue weighted by Crippen LogP contribution is 2.42. The third-order valence-electron chi connectivity index (χ3n) is 8.08. The molecule has 1 aliphatic carbocycles. The second-order valence-corrected chi connectivity index (χ2v) is 16.6. The number of benzene rings is 1. The minimum atomic E-state index is -1.83. The molecule has 0 spiro atoms. The van der Waals surface area contributed by atoms with Crippen molar-refractivity contribution in [2.45, 2.75) is 103 Å². The third kappa shape index (κ3) is 6.42. The van der Waals surface area contributed by atoms with Crippen molar-refractivity contribution in [2.75, 3.05) is 6.54 Å². The van der Waals surface area contributed by atoms with E-state index in [0.717, 1.165) is 24.8 Å². The van der Waals surface area contributed by atoms with Gasteiger partial charge in [-0.1, -0.05) is 65.0 Å². The van der Waals surface area contributed by atoms with E-state index < -0.39 is 20.5 Å². The zero-order valence-corrected chi connectivity index (χ0v) is 23.1. The lowest BCUT2D eigenvalue weighted by Crippen LogP contribution is -2.52. The molecule has 7 heteroatoms. The van der Waals surface area contributed by atoms with E-state index in [1.807, 2.05) is 35.2 Å². The third-order valence-corrected chi connectivity index (χ3v) is 12.6. The molecule has 34 heavy (non-hydrogen) atoms. The zero-order chi connectivity index (χ0) is 25.1. The lowest BCUT2D eigenvalue weighted by Gasteiger charge is -2.46. The molecule has 1 N–H and O–H groups in total. The van der Waals surface area contributed by atoms with Crippen LogP contribution in [0.4, 0.5) is 4.79 Å². The second kappa shape index (κ2) is 10.8. The van der Waals surface area contributed by atoms with Gasteiger partial charge in [-0.15, -0.1) is 0 Å². The molecule has 2 aliphatic rings. The Morgan fingerprint density at radius 2 is 1.82 bits per heavy atom. The van der Waals surface area contributed by atoms with E-state index in [4.69, 9.17) is 9.16 Å². The molecule has 0 unspecified atom stereocenters. The molecular formula is C27H44N2O4Si. The number of ether oxygens (including phenoxy) is 1. The van der Waals surface area contributed by atoms with Crippen LogP contribution >= 0.6 is 0 Å². The van der Waals surface area contributed by atoms with Gasteiger partial charge in [0.15, 0.2) is 8.32 Å². The topological polar surface area (TPSA) is 67.9 Å². The fourth-order valence-corrected chi connectivity index (χ4v) is 6.43. The maximum atomic E-state index is 13.3. The smallest absolute Gasteiger partial charge is 0.408 e. The van der Waals surface area contributed by atoms with Crippen LogP contribution in [0.5, 0.6) is 0 Å². The van der Waals surface area contributed by atoms with Gasteiger partial charge in [-0.2, -0.15) is 0 Å². The van der Waals surface area contributed by atoms with Crippen molar-refractivity contribution >= 4 is 20.3 Å². The minimum absolute atomic E-state index is 0.0241. The Morgan fingerprint density at radius 3 is 2.44 bits per heavy atom. The first-order valence-corrected chi connectivity index (χ1v) is 15.8. The summed E-state index contributed by atoms with van der Waals surface area (Å²) in [7, 11) is -1.83. The summed E-state index contributed by atoms with van der Waals surface area (Å²) < 4.78 is 12.1. The van der Waals surface area contributed by atoms with Crippen molar-refractivity contribution in [3.8, 4) is 0 Å². The molecule has 190 valence electrons. The van der Waals surface area contributed by atoms with Crippen LogP contribution in [0, 0.1) is 11.8 Å². The number of amides is 2. The van der Waals surface area contributed by atoms with Crippen LogP contribution in [-0.2, 0) is 20.6 Å². The second-order valence-electron chi connectivity index (χ2n) is 11.9. The van der Waals surface area contributed by atoms with Gasteiger partial charge in [0.2, 0.25) is 5.91 Å². The fraction of sp³-hybridized carbons (Fsp3) is 0.704. The van der Waals surface area contributed by atoms with Crippen LogP contribution in [0.2, 0.25) is 18.1 Å². The summed E-state index contributed by atoms with van der Waals surface area (Å²) in [4.78, 5) is 27.6. The van der Waals surface area contributed by atoms with Crippen LogP contribution in [-0.4, -0.2) is 50.0 Å². The summed E-state index contributed by atoms with van der Waals surface area (Å²) in [6.07, 6.45) is 3.31. The SMILES string of the molecule is CC(C)[C@@H]1C[C@H](O[Si](C)(C)C(C)(C)C)CC[C@@H]1N1CC[C@H](NC(=O)OCc2ccccc2)C1=O. The molecule has 2 amide bonds. The van der Waals surface area contributed by atoms with E-state index in [0.29, 0.717) is 24.8 Å². The lowest BCUT2D eigenvalue weighted by molar-refractivity contribution is -0.134. The van der Waals surface area contributed by atoms with Gasteiger partial charge in [0, 0.05) is 18.7 Å². The number of carbonyl (C=O) groups is 2. The van der Waals surface area contributed by atoms with Crippen molar-refractivity contribution in [3.63, 3.8) is 0 Å². The summed E-state index contributed by atoms with van der Waals surface area (Å²) >= 11 is 0. The standard InChI is InChI=1S/C27H44N2O4Si/c1-19(2)22-17-21(33-34(6,7)27(3,4)5)13-14-24(22)29-16-15-23(25(29)30)28-26(31)32-18-20-11-9-8-10-12-20/h8-12,19,21-24H,13-18H2,1-7H3,(H,28,31)/t21-,22+,23+,24+/m1/s1. The van der Waals surface area contributed by atoms with E-state index in [1.54, 1.807) is 0 Å². The van der Waals surface area contributed by atoms with Gasteiger partial charge in [-0.05, 0) is 61.2 Å². The molecule has 3 rings (SSSR count). The Morgan fingerprint density at radius 1 is 1.15 bits per heavy atom. The fourth-order valence-electron chi connectivity index (χ4n) is 5.03. The van der Waals surface area contributed by atoms with E-state index in [9.17, 15) is 9.59 Å². The van der Waals surface area contributed by atoms with Gasteiger partial charge in [-0.25, -0.2) is 4.79 Å². The molecule has 1 saturated heterocycles. The largest absolute Gasteiger partial charge is 0.445 e. The molecular weight excluding hydrogens is 444 g/mol. The molecule has 1 saturated carbocycles. The molecule has 1 aromatic rings. The molecule has 1 heterocycles. The Bertz CT molecular complexity index is 837. The Balaban J connectivity index is 1.57. The summed E-state index contributed by atoms with van der Waals surface area (Å²) in [6, 6.07) is 9.27. The first-order chi connectivity index (χ1) is 15.9. The Hall–Kier alpha value is -1.86. The predicted molar refractivity (Wildman–Crippen MR) is 138 cm³/mol. The molecule has 2 fully saturated rings. The number of nitrogens with one attached hydrogen (secondary N) is 1. The van der Waals surface area contributed by atoms with Gasteiger partial charge in [0.1, 0.15) is 12.6 Å². The highest BCUT2D eigenvalue weighted by Gasteiger charge is 2.45. The van der Waals surface area contributed by atoms with Crippen LogP contribution in [0.25, 0.3) is 0 Å². The Labute approximate surface area is 206 Å². The number of alkyl carbamates (subject to hydrolysis) is 1. The predicted octanol–water partition coefficient (Wildman–Crippen LogP) is 5.73. The summed E-state index contributed by atoms with van der Waals surface area (Å²) in [5.74, 6) is 0.888. The summed E-state index contributed by atoms with van der Waals surface area (Å²) in [5, 5.41) is 2.99. The van der Waals surface area contributed by atoms with E-state index in [-0.39, 0.29) is 29.7 Å². The van der Waals surface area contributed by atoms with Gasteiger partial charge in [-0.3, -0.25) is 4.79 Å². The Kier molecular flexibility index (Phi) is 8.50. The number of carbonyl (C=O) groups excluding carboxylic acids is 2. The van der Waals surface area contributed by atoms with Crippen molar-refractivity contribution < 1.29 is 18.8 Å². The number of likely N-dealkylation sites (tertiary alicyclic amines) is 1. The molecule has 1 aliphatic heterocycles. The summed E-state index contributed by atoms with van der Waals surface area (Å²) in [5.41, 5.74) is 0.925. The maximum Gasteiger partial charge on any atom is 0.408 e. The van der Waals surface area contributed by atoms with Crippen LogP contribution in [0.15, 0.2) is 30.3 Å². The van der Waals surface area contributed by atoms with Crippen molar-refractivity contribution in [3.05, 3.63) is 35.9 Å². The van der Waals surface area contributed by atoms with Crippen molar-refractivity contribution in [1.82, 2.24) is 10.2 Å². The van der Waals surface area contributed by atoms with Crippen LogP contribution in [0.3, 0.4) is 0 Å². The highest BCUT2D eigenvalue weighted by atomic mass is 28.4. The number of nitrogens with zero attached hydrogens (tertiary/aromatic N) is 1. The molecule has 4 atom stereocenters. The number of rotatable bonds is 7. The molecule has 0 radical (unpaired) electrons. The first-order valence-electron chi connectivity index (χ1n) is 12.8. The van der Waals surface area contributed by atoms with Crippen LogP contribution in [0.1, 0.15) is 65.9 Å². The van der Waals surface area contributed by atoms with Crippen LogP contribution < -0.4 is 5.32 Å². The van der Waals surface area contributed by atoms with Gasteiger partial charge in [0.05, 0.1) is 0 Å². The van der Waals surface area contributed by atoms with Gasteiger partial charge in [0.25, 0.3) is 0 Å². The quantitative estimate of drug-likeness (QED) is 0.498. The average Bonchev–Trinajstić information content (AvgIpc) is 3.11. The van der Waals surface area contributed by atoms with Gasteiger partial charge >= 0.3 is 6.09 Å². The summed E-state index contributed by atoms with van der Waals surface area (Å²) in [6.45, 7) is 16.9. The van der Waals surface area contributed by atoms with E-state index in [2.05, 4.69) is 53.0 Å². The average molecular weight is 489 g/mol. The monoisotopic (exact) mass is 488 g/mol. The van der Waals surface area contributed by atoms with E-state index in [1.165, 1.54) is 0 Å². The lowest BCUT2D eigenvalue weighted by atomic mass is 9.76. The highest BCUT2D eigenvalue weighted by molar-refractivity contribution is 6.74. The molecule has 6 nitrogen and oxygen atoms in total. The van der Waals surface area contributed by atoms with E-state index >= 15 is 0 Å². The molecule has 1 aromatic carbocycles. The number of hydrogen-bond donors (Lipinski definition) is 1. The van der Waals surface area contributed by atoms with Crippen molar-refractivity contribution in [1.29, 1.82) is 0 Å². The van der Waals surface area contributed by atoms with Gasteiger partial charge < -0.3 is 19.4 Å². The molecule has 0 aromatic heterocycles. The zero-order valence-electron chi connectivity index (χ0n) is 22.1. The van der Waals surface area contributed by atoms with Crippen molar-refractivity contribution in [2.24, 2.45) is 11.8 Å². The first kappa shape index (κ1) is 26.7. The number of hydrogen-bond acceptors (Lipinski definition) is 4. The minimum Gasteiger partial charge on any atom is -0.445 e.